The molecule has 0 aromatic carbocycles. The average Bonchev–Trinajstić information content (AvgIpc) is 2.34. The Kier molecular flexibility index (Phi) is 2.17. The zero-order valence-electron chi connectivity index (χ0n) is 5.86. The molecule has 0 aliphatic carbocycles. The molecule has 0 fully saturated rings. The van der Waals surface area contributed by atoms with E-state index < -0.39 is 0 Å². The van der Waals surface area contributed by atoms with Crippen molar-refractivity contribution >= 4 is 17.2 Å². The molecular formula is C8H9ClO. The van der Waals surface area contributed by atoms with Crippen LogP contribution in [0.3, 0.4) is 0 Å². The number of rotatable bonds is 2. The Bertz CT molecular complexity index is 237. The van der Waals surface area contributed by atoms with Crippen LogP contribution in [-0.2, 0) is 0 Å². The first kappa shape index (κ1) is 7.42. The molecular weight excluding hydrogens is 148 g/mol. The molecule has 0 bridgehead atoms. The largest absolute Gasteiger partial charge is 0.464 e. The van der Waals surface area contributed by atoms with Crippen LogP contribution in [0.15, 0.2) is 23.3 Å². The smallest absolute Gasteiger partial charge is 0.133 e. The summed E-state index contributed by atoms with van der Waals surface area (Å²) in [5, 5.41) is 0. The van der Waals surface area contributed by atoms with Gasteiger partial charge in [-0.3, -0.25) is 0 Å². The van der Waals surface area contributed by atoms with E-state index >= 15 is 0 Å². The lowest BCUT2D eigenvalue weighted by Crippen LogP contribution is -1.82. The molecule has 1 rings (SSSR count). The molecule has 10 heavy (non-hydrogen) atoms. The molecule has 0 aliphatic heterocycles. The number of hydrogen-bond donors (Lipinski definition) is 0. The summed E-state index contributed by atoms with van der Waals surface area (Å²) in [6.07, 6.45) is 1.64. The molecule has 0 atom stereocenters. The van der Waals surface area contributed by atoms with Crippen LogP contribution in [0, 0.1) is 6.92 Å². The highest BCUT2D eigenvalue weighted by Crippen LogP contribution is 2.18. The van der Waals surface area contributed by atoms with Crippen molar-refractivity contribution in [2.24, 2.45) is 0 Å². The molecule has 1 aromatic heterocycles. The second-order valence-corrected chi connectivity index (χ2v) is 2.44. The fourth-order valence-electron chi connectivity index (χ4n) is 0.796. The first-order valence-electron chi connectivity index (χ1n) is 3.04. The molecule has 1 nitrogen and oxygen atoms in total. The molecule has 0 N–H and O–H groups in total. The SMILES string of the molecule is C=C(CCl)c1occc1C. The van der Waals surface area contributed by atoms with Crippen molar-refractivity contribution in [3.8, 4) is 0 Å². The van der Waals surface area contributed by atoms with Gasteiger partial charge in [0.25, 0.3) is 0 Å². The lowest BCUT2D eigenvalue weighted by atomic mass is 10.2. The Balaban J connectivity index is 2.93. The minimum Gasteiger partial charge on any atom is -0.464 e. The van der Waals surface area contributed by atoms with Gasteiger partial charge in [-0.25, -0.2) is 0 Å². The van der Waals surface area contributed by atoms with Gasteiger partial charge in [-0.15, -0.1) is 11.6 Å². The van der Waals surface area contributed by atoms with Crippen molar-refractivity contribution < 1.29 is 4.42 Å². The van der Waals surface area contributed by atoms with Crippen LogP contribution in [0.2, 0.25) is 0 Å². The summed E-state index contributed by atoms with van der Waals surface area (Å²) in [6, 6.07) is 1.90. The summed E-state index contributed by atoms with van der Waals surface area (Å²) in [6.45, 7) is 5.72. The first-order valence-corrected chi connectivity index (χ1v) is 3.57. The molecule has 54 valence electrons. The van der Waals surface area contributed by atoms with Crippen LogP contribution in [0.1, 0.15) is 11.3 Å². The number of allylic oxidation sites excluding steroid dienone is 1. The molecule has 2 heteroatoms. The van der Waals surface area contributed by atoms with Crippen LogP contribution < -0.4 is 0 Å². The summed E-state index contributed by atoms with van der Waals surface area (Å²) >= 11 is 5.56. The van der Waals surface area contributed by atoms with E-state index in [4.69, 9.17) is 16.0 Å². The van der Waals surface area contributed by atoms with E-state index in [2.05, 4.69) is 6.58 Å². The second-order valence-electron chi connectivity index (χ2n) is 2.17. The maximum Gasteiger partial charge on any atom is 0.133 e. The Labute approximate surface area is 65.3 Å². The summed E-state index contributed by atoms with van der Waals surface area (Å²) in [5.74, 6) is 1.24. The standard InChI is InChI=1S/C8H9ClO/c1-6-3-4-10-8(6)7(2)5-9/h3-4H,2,5H2,1H3. The second kappa shape index (κ2) is 2.93. The molecule has 0 saturated carbocycles. The highest BCUT2D eigenvalue weighted by atomic mass is 35.5. The number of hydrogen-bond acceptors (Lipinski definition) is 1. The summed E-state index contributed by atoms with van der Waals surface area (Å²) in [4.78, 5) is 0. The van der Waals surface area contributed by atoms with Gasteiger partial charge in [0.2, 0.25) is 0 Å². The van der Waals surface area contributed by atoms with Crippen molar-refractivity contribution in [2.45, 2.75) is 6.92 Å². The Morgan fingerprint density at radius 2 is 2.50 bits per heavy atom. The summed E-state index contributed by atoms with van der Waals surface area (Å²) < 4.78 is 5.13. The van der Waals surface area contributed by atoms with Crippen molar-refractivity contribution in [3.63, 3.8) is 0 Å². The molecule has 0 aliphatic rings. The van der Waals surface area contributed by atoms with Gasteiger partial charge in [-0.05, 0) is 18.6 Å². The summed E-state index contributed by atoms with van der Waals surface area (Å²) in [7, 11) is 0. The van der Waals surface area contributed by atoms with E-state index in [1.165, 1.54) is 0 Å². The molecule has 0 unspecified atom stereocenters. The van der Waals surface area contributed by atoms with E-state index in [0.717, 1.165) is 16.9 Å². The zero-order chi connectivity index (χ0) is 7.56. The van der Waals surface area contributed by atoms with Crippen LogP contribution >= 0.6 is 11.6 Å². The van der Waals surface area contributed by atoms with Gasteiger partial charge < -0.3 is 4.42 Å². The monoisotopic (exact) mass is 156 g/mol. The fourth-order valence-corrected chi connectivity index (χ4v) is 0.917. The maximum atomic E-state index is 5.56. The molecule has 0 radical (unpaired) electrons. The molecule has 0 amide bonds. The highest BCUT2D eigenvalue weighted by Gasteiger charge is 2.03. The number of alkyl halides is 1. The zero-order valence-corrected chi connectivity index (χ0v) is 6.61. The van der Waals surface area contributed by atoms with Gasteiger partial charge >= 0.3 is 0 Å². The average molecular weight is 157 g/mol. The maximum absolute atomic E-state index is 5.56. The third-order valence-electron chi connectivity index (χ3n) is 1.34. The molecule has 0 saturated heterocycles. The lowest BCUT2D eigenvalue weighted by Gasteiger charge is -1.95. The molecule has 1 heterocycles. The van der Waals surface area contributed by atoms with Gasteiger partial charge in [0.15, 0.2) is 0 Å². The van der Waals surface area contributed by atoms with Crippen LogP contribution in [0.4, 0.5) is 0 Å². The van der Waals surface area contributed by atoms with Crippen molar-refractivity contribution in [3.05, 3.63) is 30.2 Å². The van der Waals surface area contributed by atoms with E-state index in [0.29, 0.717) is 5.88 Å². The predicted octanol–water partition coefficient (Wildman–Crippen LogP) is 2.84. The van der Waals surface area contributed by atoms with E-state index in [-0.39, 0.29) is 0 Å². The predicted molar refractivity (Wildman–Crippen MR) is 43.2 cm³/mol. The lowest BCUT2D eigenvalue weighted by molar-refractivity contribution is 0.551. The van der Waals surface area contributed by atoms with Crippen molar-refractivity contribution in [1.82, 2.24) is 0 Å². The molecule has 1 aromatic rings. The summed E-state index contributed by atoms with van der Waals surface area (Å²) in [5.41, 5.74) is 1.93. The number of halogens is 1. The Morgan fingerprint density at radius 3 is 2.90 bits per heavy atom. The molecule has 0 spiro atoms. The van der Waals surface area contributed by atoms with Gasteiger partial charge in [0.05, 0.1) is 12.1 Å². The number of aryl methyl sites for hydroxylation is 1. The quantitative estimate of drug-likeness (QED) is 0.601. The van der Waals surface area contributed by atoms with E-state index in [1.54, 1.807) is 6.26 Å². The van der Waals surface area contributed by atoms with E-state index in [1.807, 2.05) is 13.0 Å². The third-order valence-corrected chi connectivity index (χ3v) is 1.67. The van der Waals surface area contributed by atoms with Crippen molar-refractivity contribution in [2.75, 3.05) is 5.88 Å². The highest BCUT2D eigenvalue weighted by molar-refractivity contribution is 6.22. The van der Waals surface area contributed by atoms with Crippen LogP contribution in [0.5, 0.6) is 0 Å². The minimum absolute atomic E-state index is 0.425. The van der Waals surface area contributed by atoms with Crippen LogP contribution in [0.25, 0.3) is 5.57 Å². The van der Waals surface area contributed by atoms with Gasteiger partial charge in [-0.2, -0.15) is 0 Å². The number of furan rings is 1. The minimum atomic E-state index is 0.425. The van der Waals surface area contributed by atoms with Gasteiger partial charge in [0.1, 0.15) is 5.76 Å². The van der Waals surface area contributed by atoms with Gasteiger partial charge in [0, 0.05) is 5.57 Å². The normalized spacial score (nSPS) is 9.80. The third kappa shape index (κ3) is 1.24. The fraction of sp³-hybridized carbons (Fsp3) is 0.250. The van der Waals surface area contributed by atoms with Crippen LogP contribution in [-0.4, -0.2) is 5.88 Å². The topological polar surface area (TPSA) is 13.1 Å². The Morgan fingerprint density at radius 1 is 1.80 bits per heavy atom. The van der Waals surface area contributed by atoms with Crippen molar-refractivity contribution in [1.29, 1.82) is 0 Å². The van der Waals surface area contributed by atoms with E-state index in [9.17, 15) is 0 Å². The Hall–Kier alpha value is -0.690. The first-order chi connectivity index (χ1) is 4.75. The van der Waals surface area contributed by atoms with Gasteiger partial charge in [-0.1, -0.05) is 6.58 Å².